The van der Waals surface area contributed by atoms with E-state index in [0.717, 1.165) is 29.3 Å². The summed E-state index contributed by atoms with van der Waals surface area (Å²) in [5.41, 5.74) is 4.17. The second kappa shape index (κ2) is 11.3. The van der Waals surface area contributed by atoms with Crippen LogP contribution < -0.4 is 10.6 Å². The second-order valence-corrected chi connectivity index (χ2v) is 7.24. The molecule has 1 aromatic carbocycles. The number of rotatable bonds is 8. The average molecular weight is 372 g/mol. The van der Waals surface area contributed by atoms with Crippen molar-refractivity contribution in [3.63, 3.8) is 0 Å². The molecule has 1 aromatic heterocycles. The van der Waals surface area contributed by atoms with E-state index in [-0.39, 0.29) is 0 Å². The normalized spacial score (nSPS) is 11.4. The largest absolute Gasteiger partial charge is 0.355 e. The Bertz CT molecular complexity index is 731. The number of thioether (sulfide) groups is 1. The van der Waals surface area contributed by atoms with E-state index in [4.69, 9.17) is 5.26 Å². The number of hydrogen-bond acceptors (Lipinski definition) is 5. The summed E-state index contributed by atoms with van der Waals surface area (Å²) in [4.78, 5) is 9.98. The van der Waals surface area contributed by atoms with Crippen LogP contribution in [0.25, 0.3) is 6.08 Å². The maximum Gasteiger partial charge on any atom is 0.205 e. The lowest BCUT2D eigenvalue weighted by Gasteiger charge is -2.07. The van der Waals surface area contributed by atoms with Gasteiger partial charge in [0.1, 0.15) is 0 Å². The fourth-order valence-electron chi connectivity index (χ4n) is 1.97. The first-order valence-corrected chi connectivity index (χ1v) is 9.94. The summed E-state index contributed by atoms with van der Waals surface area (Å²) >= 11 is 3.49. The molecule has 25 heavy (non-hydrogen) atoms. The summed E-state index contributed by atoms with van der Waals surface area (Å²) in [5, 5.41) is 14.6. The number of hydrogen-bond donors (Lipinski definition) is 2. The first-order chi connectivity index (χ1) is 12.3. The number of aliphatic imine (C=N–C) groups is 1. The van der Waals surface area contributed by atoms with Crippen LogP contribution in [0.15, 0.2) is 46.9 Å². The molecular weight excluding hydrogens is 350 g/mol. The lowest BCUT2D eigenvalue weighted by Crippen LogP contribution is -2.36. The van der Waals surface area contributed by atoms with Gasteiger partial charge in [0, 0.05) is 22.9 Å². The first kappa shape index (κ1) is 19.0. The number of nitrogens with one attached hydrogen (secondary N) is 2. The zero-order chi connectivity index (χ0) is 17.7. The highest BCUT2D eigenvalue weighted by atomic mass is 32.2. The molecule has 2 N–H and O–H groups in total. The number of nitriles is 1. The average Bonchev–Trinajstić information content (AvgIpc) is 3.04. The van der Waals surface area contributed by atoms with Crippen LogP contribution >= 0.6 is 23.1 Å². The summed E-state index contributed by atoms with van der Waals surface area (Å²) < 4.78 is 0. The molecule has 0 saturated carbocycles. The third-order valence-electron chi connectivity index (χ3n) is 3.26. The van der Waals surface area contributed by atoms with Crippen LogP contribution in [0.4, 0.5) is 0 Å². The minimum absolute atomic E-state index is 0.505. The Balaban J connectivity index is 1.69. The van der Waals surface area contributed by atoms with E-state index in [0.29, 0.717) is 12.5 Å². The number of nitrogens with zero attached hydrogens (tertiary/aromatic N) is 3. The number of aromatic nitrogens is 1. The molecule has 0 aliphatic heterocycles. The summed E-state index contributed by atoms with van der Waals surface area (Å²) in [7, 11) is 0. The smallest absolute Gasteiger partial charge is 0.205 e. The highest BCUT2D eigenvalue weighted by molar-refractivity contribution is 7.98. The number of aryl methyl sites for hydroxylation is 1. The van der Waals surface area contributed by atoms with Gasteiger partial charge in [-0.3, -0.25) is 5.32 Å². The van der Waals surface area contributed by atoms with Crippen molar-refractivity contribution in [2.45, 2.75) is 12.7 Å². The van der Waals surface area contributed by atoms with Gasteiger partial charge < -0.3 is 5.32 Å². The van der Waals surface area contributed by atoms with Gasteiger partial charge in [0.05, 0.1) is 17.7 Å². The van der Waals surface area contributed by atoms with E-state index in [1.807, 2.05) is 65.9 Å². The zero-order valence-electron chi connectivity index (χ0n) is 14.1. The summed E-state index contributed by atoms with van der Waals surface area (Å²) in [6, 6.07) is 10.1. The standard InChI is InChI=1S/C18H21N5S2/c1-15-17(23-14-25-15)12-24-11-10-21-18(22-13-19)20-9-5-8-16-6-3-2-4-7-16/h2-8,14H,9-12H2,1H3,(H2,20,21,22). The molecular formula is C18H21N5S2. The molecule has 1 heterocycles. The van der Waals surface area contributed by atoms with Crippen molar-refractivity contribution < 1.29 is 0 Å². The fraction of sp³-hybridized carbons (Fsp3) is 0.278. The van der Waals surface area contributed by atoms with Gasteiger partial charge in [-0.1, -0.05) is 42.5 Å². The fourth-order valence-corrected chi connectivity index (χ4v) is 3.53. The van der Waals surface area contributed by atoms with Crippen molar-refractivity contribution in [1.29, 1.82) is 5.26 Å². The maximum absolute atomic E-state index is 8.82. The maximum atomic E-state index is 8.82. The van der Waals surface area contributed by atoms with E-state index in [9.17, 15) is 0 Å². The highest BCUT2D eigenvalue weighted by Crippen LogP contribution is 2.17. The molecule has 130 valence electrons. The van der Waals surface area contributed by atoms with Crippen LogP contribution in [-0.4, -0.2) is 29.8 Å². The van der Waals surface area contributed by atoms with Gasteiger partial charge in [-0.25, -0.2) is 9.98 Å². The molecule has 0 aliphatic rings. The van der Waals surface area contributed by atoms with Gasteiger partial charge in [-0.05, 0) is 12.5 Å². The van der Waals surface area contributed by atoms with Crippen molar-refractivity contribution in [1.82, 2.24) is 15.6 Å². The van der Waals surface area contributed by atoms with E-state index in [2.05, 4.69) is 27.5 Å². The molecule has 2 aromatic rings. The number of thiazole rings is 1. The Morgan fingerprint density at radius 2 is 2.24 bits per heavy atom. The van der Waals surface area contributed by atoms with E-state index in [1.165, 1.54) is 4.88 Å². The Morgan fingerprint density at radius 3 is 2.96 bits per heavy atom. The second-order valence-electron chi connectivity index (χ2n) is 5.07. The molecule has 0 atom stereocenters. The highest BCUT2D eigenvalue weighted by Gasteiger charge is 2.01. The quantitative estimate of drug-likeness (QED) is 0.245. The van der Waals surface area contributed by atoms with Crippen molar-refractivity contribution in [2.75, 3.05) is 18.8 Å². The van der Waals surface area contributed by atoms with Crippen LogP contribution in [0.2, 0.25) is 0 Å². The van der Waals surface area contributed by atoms with Crippen LogP contribution in [-0.2, 0) is 5.75 Å². The lowest BCUT2D eigenvalue weighted by molar-refractivity contribution is 0.923. The minimum atomic E-state index is 0.505. The molecule has 0 saturated heterocycles. The first-order valence-electron chi connectivity index (χ1n) is 7.91. The summed E-state index contributed by atoms with van der Waals surface area (Å²) in [6.07, 6.45) is 5.90. The monoisotopic (exact) mass is 371 g/mol. The van der Waals surface area contributed by atoms with Crippen molar-refractivity contribution >= 4 is 35.1 Å². The van der Waals surface area contributed by atoms with Gasteiger partial charge in [0.15, 0.2) is 6.19 Å². The van der Waals surface area contributed by atoms with Crippen molar-refractivity contribution in [3.8, 4) is 6.19 Å². The molecule has 0 amide bonds. The third kappa shape index (κ3) is 7.42. The molecule has 5 nitrogen and oxygen atoms in total. The SMILES string of the molecule is Cc1scnc1CSCCNC(=NCC=Cc1ccccc1)NC#N. The van der Waals surface area contributed by atoms with Crippen LogP contribution in [0, 0.1) is 18.4 Å². The minimum Gasteiger partial charge on any atom is -0.355 e. The lowest BCUT2D eigenvalue weighted by atomic mass is 10.2. The Labute approximate surface area is 156 Å². The topological polar surface area (TPSA) is 73.1 Å². The molecule has 7 heteroatoms. The Hall–Kier alpha value is -2.30. The molecule has 0 radical (unpaired) electrons. The number of benzene rings is 1. The van der Waals surface area contributed by atoms with Gasteiger partial charge in [-0.15, -0.1) is 11.3 Å². The predicted octanol–water partition coefficient (Wildman–Crippen LogP) is 3.41. The van der Waals surface area contributed by atoms with Crippen LogP contribution in [0.5, 0.6) is 0 Å². The van der Waals surface area contributed by atoms with E-state index in [1.54, 1.807) is 11.3 Å². The van der Waals surface area contributed by atoms with Crippen LogP contribution in [0.3, 0.4) is 0 Å². The van der Waals surface area contributed by atoms with Gasteiger partial charge in [0.25, 0.3) is 0 Å². The molecule has 0 aliphatic carbocycles. The van der Waals surface area contributed by atoms with Crippen LogP contribution in [0.1, 0.15) is 16.1 Å². The van der Waals surface area contributed by atoms with Crippen molar-refractivity contribution in [2.24, 2.45) is 4.99 Å². The predicted molar refractivity (Wildman–Crippen MR) is 108 cm³/mol. The van der Waals surface area contributed by atoms with Gasteiger partial charge in [-0.2, -0.15) is 17.0 Å². The molecule has 0 bridgehead atoms. The molecule has 2 rings (SSSR count). The van der Waals surface area contributed by atoms with E-state index < -0.39 is 0 Å². The van der Waals surface area contributed by atoms with Gasteiger partial charge in [0.2, 0.25) is 5.96 Å². The third-order valence-corrected chi connectivity index (χ3v) is 5.03. The Kier molecular flexibility index (Phi) is 8.59. The van der Waals surface area contributed by atoms with Crippen molar-refractivity contribution in [3.05, 3.63) is 58.1 Å². The number of guanidine groups is 1. The summed E-state index contributed by atoms with van der Waals surface area (Å²) in [6.45, 7) is 3.34. The Morgan fingerprint density at radius 1 is 1.40 bits per heavy atom. The van der Waals surface area contributed by atoms with Gasteiger partial charge >= 0.3 is 0 Å². The molecule has 0 fully saturated rings. The molecule has 0 spiro atoms. The zero-order valence-corrected chi connectivity index (χ0v) is 15.7. The van der Waals surface area contributed by atoms with E-state index >= 15 is 0 Å². The molecule has 0 unspecified atom stereocenters. The summed E-state index contributed by atoms with van der Waals surface area (Å²) in [5.74, 6) is 2.34.